The maximum absolute atomic E-state index is 5.74. The van der Waals surface area contributed by atoms with Crippen molar-refractivity contribution in [3.05, 3.63) is 53.7 Å². The summed E-state index contributed by atoms with van der Waals surface area (Å²) in [5, 5.41) is 3.33. The average molecular weight is 286 g/mol. The summed E-state index contributed by atoms with van der Waals surface area (Å²) in [7, 11) is 1.66. The van der Waals surface area contributed by atoms with Crippen LogP contribution in [0.3, 0.4) is 0 Å². The number of benzene rings is 1. The number of nitrogens with zero attached hydrogens (tertiary/aromatic N) is 1. The molecule has 2 aromatic rings. The summed E-state index contributed by atoms with van der Waals surface area (Å²) in [5.41, 5.74) is 2.05. The molecule has 0 saturated heterocycles. The second kappa shape index (κ2) is 8.27. The minimum Gasteiger partial charge on any atom is -0.497 e. The van der Waals surface area contributed by atoms with E-state index in [1.165, 1.54) is 0 Å². The molecule has 0 aliphatic carbocycles. The van der Waals surface area contributed by atoms with Crippen LogP contribution < -0.4 is 14.8 Å². The maximum Gasteiger partial charge on any atom is 0.213 e. The predicted octanol–water partition coefficient (Wildman–Crippen LogP) is 3.17. The zero-order valence-corrected chi connectivity index (χ0v) is 12.6. The number of ether oxygens (including phenoxy) is 2. The first-order valence-corrected chi connectivity index (χ1v) is 7.24. The fourth-order valence-corrected chi connectivity index (χ4v) is 1.95. The van der Waals surface area contributed by atoms with Gasteiger partial charge in [0.05, 0.1) is 12.8 Å². The predicted molar refractivity (Wildman–Crippen MR) is 83.6 cm³/mol. The van der Waals surface area contributed by atoms with E-state index in [1.807, 2.05) is 42.5 Å². The smallest absolute Gasteiger partial charge is 0.213 e. The highest BCUT2D eigenvalue weighted by Gasteiger charge is 2.01. The molecule has 1 aromatic carbocycles. The van der Waals surface area contributed by atoms with Crippen molar-refractivity contribution in [1.29, 1.82) is 0 Å². The van der Waals surface area contributed by atoms with E-state index < -0.39 is 0 Å². The van der Waals surface area contributed by atoms with Crippen molar-refractivity contribution in [3.8, 4) is 11.6 Å². The van der Waals surface area contributed by atoms with Crippen LogP contribution in [-0.4, -0.2) is 18.6 Å². The molecule has 1 N–H and O–H groups in total. The number of pyridine rings is 1. The standard InChI is InChI=1S/C17H22N2O2/c1-3-10-18-12-15-7-5-9-17(19-15)21-13-14-6-4-8-16(11-14)20-2/h4-9,11,18H,3,10,12-13H2,1-2H3. The fourth-order valence-electron chi connectivity index (χ4n) is 1.95. The van der Waals surface area contributed by atoms with Gasteiger partial charge in [0, 0.05) is 12.6 Å². The van der Waals surface area contributed by atoms with Gasteiger partial charge in [0.1, 0.15) is 12.4 Å². The van der Waals surface area contributed by atoms with Crippen molar-refractivity contribution >= 4 is 0 Å². The lowest BCUT2D eigenvalue weighted by atomic mass is 10.2. The lowest BCUT2D eigenvalue weighted by Crippen LogP contribution is -2.14. The molecule has 0 spiro atoms. The third kappa shape index (κ3) is 5.08. The lowest BCUT2D eigenvalue weighted by molar-refractivity contribution is 0.292. The molecule has 0 unspecified atom stereocenters. The van der Waals surface area contributed by atoms with Gasteiger partial charge in [0.2, 0.25) is 5.88 Å². The fraction of sp³-hybridized carbons (Fsp3) is 0.353. The van der Waals surface area contributed by atoms with E-state index in [9.17, 15) is 0 Å². The van der Waals surface area contributed by atoms with Gasteiger partial charge in [-0.05, 0) is 36.7 Å². The van der Waals surface area contributed by atoms with Crippen molar-refractivity contribution in [1.82, 2.24) is 10.3 Å². The maximum atomic E-state index is 5.74. The Kier molecular flexibility index (Phi) is 6.03. The van der Waals surface area contributed by atoms with Crippen LogP contribution in [0.4, 0.5) is 0 Å². The third-order valence-corrected chi connectivity index (χ3v) is 3.03. The van der Waals surface area contributed by atoms with Crippen LogP contribution in [-0.2, 0) is 13.2 Å². The summed E-state index contributed by atoms with van der Waals surface area (Å²) in [6, 6.07) is 13.7. The van der Waals surface area contributed by atoms with Crippen LogP contribution in [0, 0.1) is 0 Å². The van der Waals surface area contributed by atoms with Crippen molar-refractivity contribution in [2.24, 2.45) is 0 Å². The minimum atomic E-state index is 0.482. The monoisotopic (exact) mass is 286 g/mol. The molecule has 0 saturated carbocycles. The second-order valence-corrected chi connectivity index (χ2v) is 4.78. The molecule has 1 aromatic heterocycles. The van der Waals surface area contributed by atoms with E-state index in [0.29, 0.717) is 12.5 Å². The molecular formula is C17H22N2O2. The first-order chi connectivity index (χ1) is 10.3. The summed E-state index contributed by atoms with van der Waals surface area (Å²) in [6.45, 7) is 4.39. The van der Waals surface area contributed by atoms with Crippen LogP contribution in [0.2, 0.25) is 0 Å². The number of hydrogen-bond donors (Lipinski definition) is 1. The highest BCUT2D eigenvalue weighted by atomic mass is 16.5. The molecule has 2 rings (SSSR count). The average Bonchev–Trinajstić information content (AvgIpc) is 2.54. The Morgan fingerprint density at radius 1 is 1.14 bits per heavy atom. The van der Waals surface area contributed by atoms with Gasteiger partial charge >= 0.3 is 0 Å². The van der Waals surface area contributed by atoms with Gasteiger partial charge in [-0.25, -0.2) is 4.98 Å². The van der Waals surface area contributed by atoms with Gasteiger partial charge in [-0.1, -0.05) is 25.1 Å². The molecule has 0 fully saturated rings. The van der Waals surface area contributed by atoms with Crippen molar-refractivity contribution in [2.45, 2.75) is 26.5 Å². The summed E-state index contributed by atoms with van der Waals surface area (Å²) in [6.07, 6.45) is 1.12. The zero-order valence-electron chi connectivity index (χ0n) is 12.6. The van der Waals surface area contributed by atoms with Crippen molar-refractivity contribution in [2.75, 3.05) is 13.7 Å². The Bertz CT molecular complexity index is 558. The van der Waals surface area contributed by atoms with Gasteiger partial charge in [0.15, 0.2) is 0 Å². The van der Waals surface area contributed by atoms with E-state index in [1.54, 1.807) is 7.11 Å². The molecule has 0 radical (unpaired) electrons. The number of hydrogen-bond acceptors (Lipinski definition) is 4. The molecule has 4 heteroatoms. The number of rotatable bonds is 8. The molecule has 0 amide bonds. The van der Waals surface area contributed by atoms with E-state index in [0.717, 1.165) is 36.5 Å². The van der Waals surface area contributed by atoms with Crippen LogP contribution >= 0.6 is 0 Å². The van der Waals surface area contributed by atoms with Crippen LogP contribution in [0.25, 0.3) is 0 Å². The first-order valence-electron chi connectivity index (χ1n) is 7.24. The summed E-state index contributed by atoms with van der Waals surface area (Å²) < 4.78 is 10.9. The molecule has 4 nitrogen and oxygen atoms in total. The van der Waals surface area contributed by atoms with E-state index in [-0.39, 0.29) is 0 Å². The third-order valence-electron chi connectivity index (χ3n) is 3.03. The largest absolute Gasteiger partial charge is 0.497 e. The topological polar surface area (TPSA) is 43.4 Å². The lowest BCUT2D eigenvalue weighted by Gasteiger charge is -2.08. The SMILES string of the molecule is CCCNCc1cccc(OCc2cccc(OC)c2)n1. The van der Waals surface area contributed by atoms with E-state index in [4.69, 9.17) is 9.47 Å². The Balaban J connectivity index is 1.91. The molecule has 0 atom stereocenters. The zero-order chi connectivity index (χ0) is 14.9. The van der Waals surface area contributed by atoms with Crippen LogP contribution in [0.1, 0.15) is 24.6 Å². The first kappa shape index (κ1) is 15.3. The Morgan fingerprint density at radius 2 is 2.00 bits per heavy atom. The van der Waals surface area contributed by atoms with Crippen molar-refractivity contribution < 1.29 is 9.47 Å². The quantitative estimate of drug-likeness (QED) is 0.757. The van der Waals surface area contributed by atoms with Gasteiger partial charge in [0.25, 0.3) is 0 Å². The number of nitrogens with one attached hydrogen (secondary N) is 1. The van der Waals surface area contributed by atoms with Gasteiger partial charge in [-0.2, -0.15) is 0 Å². The number of methoxy groups -OCH3 is 1. The van der Waals surface area contributed by atoms with Gasteiger partial charge < -0.3 is 14.8 Å². The molecule has 21 heavy (non-hydrogen) atoms. The molecule has 0 aliphatic rings. The molecule has 1 heterocycles. The minimum absolute atomic E-state index is 0.482. The molecular weight excluding hydrogens is 264 g/mol. The van der Waals surface area contributed by atoms with E-state index in [2.05, 4.69) is 17.2 Å². The Labute approximate surface area is 126 Å². The molecule has 0 bridgehead atoms. The van der Waals surface area contributed by atoms with E-state index >= 15 is 0 Å². The van der Waals surface area contributed by atoms with Gasteiger partial charge in [-0.3, -0.25) is 0 Å². The molecule has 112 valence electrons. The Morgan fingerprint density at radius 3 is 2.81 bits per heavy atom. The highest BCUT2D eigenvalue weighted by molar-refractivity contribution is 5.28. The summed E-state index contributed by atoms with van der Waals surface area (Å²) >= 11 is 0. The summed E-state index contributed by atoms with van der Waals surface area (Å²) in [5.74, 6) is 1.48. The van der Waals surface area contributed by atoms with Crippen LogP contribution in [0.5, 0.6) is 11.6 Å². The van der Waals surface area contributed by atoms with Crippen molar-refractivity contribution in [3.63, 3.8) is 0 Å². The number of aromatic nitrogens is 1. The van der Waals surface area contributed by atoms with Gasteiger partial charge in [-0.15, -0.1) is 0 Å². The molecule has 0 aliphatic heterocycles. The van der Waals surface area contributed by atoms with Crippen LogP contribution in [0.15, 0.2) is 42.5 Å². The Hall–Kier alpha value is -2.07. The second-order valence-electron chi connectivity index (χ2n) is 4.78. The highest BCUT2D eigenvalue weighted by Crippen LogP contribution is 2.15. The summed E-state index contributed by atoms with van der Waals surface area (Å²) in [4.78, 5) is 4.49. The normalized spacial score (nSPS) is 10.4.